The second kappa shape index (κ2) is 5.86. The normalized spacial score (nSPS) is 10.5. The second-order valence-electron chi connectivity index (χ2n) is 3.24. The molecule has 3 N–H and O–H groups in total. The van der Waals surface area contributed by atoms with Crippen molar-refractivity contribution in [1.29, 1.82) is 0 Å². The molecule has 15 heavy (non-hydrogen) atoms. The summed E-state index contributed by atoms with van der Waals surface area (Å²) in [4.78, 5) is 11.5. The van der Waals surface area contributed by atoms with Gasteiger partial charge in [-0.2, -0.15) is 0 Å². The Morgan fingerprint density at radius 3 is 2.67 bits per heavy atom. The van der Waals surface area contributed by atoms with Gasteiger partial charge in [-0.3, -0.25) is 4.79 Å². The molecule has 0 saturated carbocycles. The summed E-state index contributed by atoms with van der Waals surface area (Å²) in [5, 5.41) is 2.82. The van der Waals surface area contributed by atoms with Crippen molar-refractivity contribution in [2.45, 2.75) is 13.3 Å². The Hall–Kier alpha value is -1.77. The van der Waals surface area contributed by atoms with Crippen LogP contribution in [0.5, 0.6) is 0 Å². The van der Waals surface area contributed by atoms with Crippen LogP contribution < -0.4 is 11.1 Å². The molecule has 0 aromatic heterocycles. The van der Waals surface area contributed by atoms with E-state index in [0.29, 0.717) is 17.8 Å². The molecule has 0 spiro atoms. The van der Waals surface area contributed by atoms with E-state index in [0.717, 1.165) is 6.42 Å². The number of allylic oxidation sites excluding steroid dienone is 1. The summed E-state index contributed by atoms with van der Waals surface area (Å²) in [5.41, 5.74) is 6.84. The number of nitrogen functional groups attached to an aromatic ring is 1. The van der Waals surface area contributed by atoms with Crippen LogP contribution in [0.1, 0.15) is 23.7 Å². The summed E-state index contributed by atoms with van der Waals surface area (Å²) in [5.74, 6) is -0.0560. The van der Waals surface area contributed by atoms with E-state index in [1.807, 2.05) is 19.1 Å². The summed E-state index contributed by atoms with van der Waals surface area (Å²) < 4.78 is 0. The molecular weight excluding hydrogens is 188 g/mol. The maximum absolute atomic E-state index is 11.5. The fraction of sp³-hybridized carbons (Fsp3) is 0.250. The summed E-state index contributed by atoms with van der Waals surface area (Å²) >= 11 is 0. The zero-order valence-corrected chi connectivity index (χ0v) is 8.86. The van der Waals surface area contributed by atoms with Gasteiger partial charge in [-0.15, -0.1) is 0 Å². The maximum atomic E-state index is 11.5. The molecule has 0 atom stereocenters. The van der Waals surface area contributed by atoms with Gasteiger partial charge in [0.15, 0.2) is 0 Å². The molecule has 0 aliphatic rings. The third kappa shape index (κ3) is 3.85. The SMILES string of the molecule is C/C=C/CCNC(=O)c1ccc(N)cc1. The van der Waals surface area contributed by atoms with E-state index in [2.05, 4.69) is 5.32 Å². The van der Waals surface area contributed by atoms with Crippen LogP contribution in [0.3, 0.4) is 0 Å². The van der Waals surface area contributed by atoms with Gasteiger partial charge in [0.1, 0.15) is 0 Å². The Morgan fingerprint density at radius 1 is 1.40 bits per heavy atom. The third-order valence-corrected chi connectivity index (χ3v) is 2.01. The summed E-state index contributed by atoms with van der Waals surface area (Å²) in [6.07, 6.45) is 4.84. The lowest BCUT2D eigenvalue weighted by Crippen LogP contribution is -2.23. The first-order valence-corrected chi connectivity index (χ1v) is 4.99. The van der Waals surface area contributed by atoms with Crippen LogP contribution in [0.2, 0.25) is 0 Å². The van der Waals surface area contributed by atoms with E-state index >= 15 is 0 Å². The van der Waals surface area contributed by atoms with Gasteiger partial charge in [-0.25, -0.2) is 0 Å². The van der Waals surface area contributed by atoms with Crippen molar-refractivity contribution in [1.82, 2.24) is 5.32 Å². The van der Waals surface area contributed by atoms with E-state index < -0.39 is 0 Å². The van der Waals surface area contributed by atoms with Gasteiger partial charge < -0.3 is 11.1 Å². The smallest absolute Gasteiger partial charge is 0.251 e. The quantitative estimate of drug-likeness (QED) is 0.447. The third-order valence-electron chi connectivity index (χ3n) is 2.01. The van der Waals surface area contributed by atoms with Gasteiger partial charge in [0.25, 0.3) is 5.91 Å². The Morgan fingerprint density at radius 2 is 2.07 bits per heavy atom. The van der Waals surface area contributed by atoms with E-state index in [4.69, 9.17) is 5.73 Å². The highest BCUT2D eigenvalue weighted by Gasteiger charge is 2.02. The van der Waals surface area contributed by atoms with E-state index in [1.54, 1.807) is 24.3 Å². The molecule has 3 heteroatoms. The van der Waals surface area contributed by atoms with Crippen LogP contribution in [-0.2, 0) is 0 Å². The van der Waals surface area contributed by atoms with Gasteiger partial charge in [0, 0.05) is 17.8 Å². The van der Waals surface area contributed by atoms with E-state index in [1.165, 1.54) is 0 Å². The fourth-order valence-electron chi connectivity index (χ4n) is 1.17. The Balaban J connectivity index is 2.43. The lowest BCUT2D eigenvalue weighted by molar-refractivity contribution is 0.0954. The zero-order chi connectivity index (χ0) is 11.1. The van der Waals surface area contributed by atoms with Crippen molar-refractivity contribution in [3.8, 4) is 0 Å². The maximum Gasteiger partial charge on any atom is 0.251 e. The first-order valence-electron chi connectivity index (χ1n) is 4.99. The summed E-state index contributed by atoms with van der Waals surface area (Å²) in [6.45, 7) is 2.62. The number of nitrogens with two attached hydrogens (primary N) is 1. The number of anilines is 1. The number of amides is 1. The number of carbonyl (C=O) groups is 1. The average molecular weight is 204 g/mol. The Kier molecular flexibility index (Phi) is 4.41. The number of carbonyl (C=O) groups excluding carboxylic acids is 1. The number of nitrogens with one attached hydrogen (secondary N) is 1. The van der Waals surface area contributed by atoms with Crippen molar-refractivity contribution < 1.29 is 4.79 Å². The van der Waals surface area contributed by atoms with Crippen molar-refractivity contribution >= 4 is 11.6 Å². The predicted octanol–water partition coefficient (Wildman–Crippen LogP) is 1.96. The zero-order valence-electron chi connectivity index (χ0n) is 8.86. The molecule has 3 nitrogen and oxygen atoms in total. The number of hydrogen-bond acceptors (Lipinski definition) is 2. The monoisotopic (exact) mass is 204 g/mol. The largest absolute Gasteiger partial charge is 0.399 e. The molecule has 0 aliphatic heterocycles. The lowest BCUT2D eigenvalue weighted by Gasteiger charge is -2.03. The molecular formula is C12H16N2O. The van der Waals surface area contributed by atoms with Gasteiger partial charge >= 0.3 is 0 Å². The highest BCUT2D eigenvalue weighted by molar-refractivity contribution is 5.94. The molecule has 0 aliphatic carbocycles. The predicted molar refractivity (Wildman–Crippen MR) is 62.6 cm³/mol. The molecule has 0 bridgehead atoms. The first-order chi connectivity index (χ1) is 7.24. The van der Waals surface area contributed by atoms with Gasteiger partial charge in [0.05, 0.1) is 0 Å². The van der Waals surface area contributed by atoms with Crippen LogP contribution >= 0.6 is 0 Å². The molecule has 0 fully saturated rings. The Labute approximate surface area is 90.0 Å². The number of benzene rings is 1. The molecule has 0 unspecified atom stereocenters. The standard InChI is InChI=1S/C12H16N2O/c1-2-3-4-9-14-12(15)10-5-7-11(13)8-6-10/h2-3,5-8H,4,9,13H2,1H3,(H,14,15)/b3-2+. The van der Waals surface area contributed by atoms with Crippen molar-refractivity contribution in [2.24, 2.45) is 0 Å². The van der Waals surface area contributed by atoms with Crippen LogP contribution in [0.4, 0.5) is 5.69 Å². The number of hydrogen-bond donors (Lipinski definition) is 2. The van der Waals surface area contributed by atoms with Crippen LogP contribution in [0.15, 0.2) is 36.4 Å². The van der Waals surface area contributed by atoms with Crippen molar-refractivity contribution in [2.75, 3.05) is 12.3 Å². The molecule has 1 rings (SSSR count). The van der Waals surface area contributed by atoms with Gasteiger partial charge in [0.2, 0.25) is 0 Å². The van der Waals surface area contributed by atoms with Crippen molar-refractivity contribution in [3.63, 3.8) is 0 Å². The highest BCUT2D eigenvalue weighted by Crippen LogP contribution is 2.04. The summed E-state index contributed by atoms with van der Waals surface area (Å²) in [6, 6.07) is 6.89. The highest BCUT2D eigenvalue weighted by atomic mass is 16.1. The molecule has 1 amide bonds. The average Bonchev–Trinajstić information content (AvgIpc) is 2.25. The molecule has 80 valence electrons. The fourth-order valence-corrected chi connectivity index (χ4v) is 1.17. The van der Waals surface area contributed by atoms with E-state index in [9.17, 15) is 4.79 Å². The molecule has 1 aromatic rings. The summed E-state index contributed by atoms with van der Waals surface area (Å²) in [7, 11) is 0. The van der Waals surface area contributed by atoms with Gasteiger partial charge in [-0.1, -0.05) is 12.2 Å². The minimum atomic E-state index is -0.0560. The van der Waals surface area contributed by atoms with E-state index in [-0.39, 0.29) is 5.91 Å². The molecule has 0 radical (unpaired) electrons. The minimum Gasteiger partial charge on any atom is -0.399 e. The number of rotatable bonds is 4. The van der Waals surface area contributed by atoms with Gasteiger partial charge in [-0.05, 0) is 37.6 Å². The molecule has 0 saturated heterocycles. The van der Waals surface area contributed by atoms with Crippen LogP contribution in [0.25, 0.3) is 0 Å². The second-order valence-corrected chi connectivity index (χ2v) is 3.24. The topological polar surface area (TPSA) is 55.1 Å². The molecule has 1 aromatic carbocycles. The lowest BCUT2D eigenvalue weighted by atomic mass is 10.2. The minimum absolute atomic E-state index is 0.0560. The van der Waals surface area contributed by atoms with Crippen LogP contribution in [0, 0.1) is 0 Å². The van der Waals surface area contributed by atoms with Crippen LogP contribution in [-0.4, -0.2) is 12.5 Å². The Bertz CT molecular complexity index is 341. The molecule has 0 heterocycles. The first kappa shape index (κ1) is 11.3. The van der Waals surface area contributed by atoms with Crippen molar-refractivity contribution in [3.05, 3.63) is 42.0 Å².